The predicted octanol–water partition coefficient (Wildman–Crippen LogP) is 3.14. The van der Waals surface area contributed by atoms with Crippen molar-refractivity contribution >= 4 is 11.9 Å². The number of aliphatic carboxylic acids is 1. The smallest absolute Gasteiger partial charge is 0.306 e. The molecule has 0 aliphatic heterocycles. The minimum Gasteiger partial charge on any atom is -0.481 e. The molecule has 0 heterocycles. The van der Waals surface area contributed by atoms with E-state index < -0.39 is 11.9 Å². The molecule has 4 nitrogen and oxygen atoms in total. The summed E-state index contributed by atoms with van der Waals surface area (Å²) in [4.78, 5) is 20.7. The molecule has 0 bridgehead atoms. The lowest BCUT2D eigenvalue weighted by Gasteiger charge is -2.05. The summed E-state index contributed by atoms with van der Waals surface area (Å²) in [6.45, 7) is 3.44. The fraction of sp³-hybridized carbons (Fsp3) is 0.846. The van der Waals surface area contributed by atoms with E-state index >= 15 is 0 Å². The second-order valence-corrected chi connectivity index (χ2v) is 4.55. The molecule has 0 aromatic carbocycles. The van der Waals surface area contributed by atoms with Gasteiger partial charge < -0.3 is 9.84 Å². The number of esters is 1. The summed E-state index contributed by atoms with van der Waals surface area (Å²) in [6.07, 6.45) is 8.62. The molecule has 0 spiro atoms. The number of carboxylic acid groups (broad SMARTS) is 1. The predicted molar refractivity (Wildman–Crippen MR) is 65.8 cm³/mol. The molecule has 1 rings (SSSR count). The minimum absolute atomic E-state index is 0.0481. The zero-order chi connectivity index (χ0) is 13.1. The quantitative estimate of drug-likeness (QED) is 0.772. The molecule has 17 heavy (non-hydrogen) atoms. The maximum atomic E-state index is 10.7. The lowest BCUT2D eigenvalue weighted by atomic mass is 10.0. The van der Waals surface area contributed by atoms with Gasteiger partial charge in [0.1, 0.15) is 0 Å². The maximum absolute atomic E-state index is 10.7. The second kappa shape index (κ2) is 10.1. The Morgan fingerprint density at radius 1 is 1.00 bits per heavy atom. The van der Waals surface area contributed by atoms with Gasteiger partial charge in [-0.05, 0) is 13.8 Å². The highest BCUT2D eigenvalue weighted by Crippen LogP contribution is 2.15. The molecule has 0 aromatic heterocycles. The molecular formula is C13H24O4. The lowest BCUT2D eigenvalue weighted by Crippen LogP contribution is -2.12. The zero-order valence-electron chi connectivity index (χ0n) is 10.9. The summed E-state index contributed by atoms with van der Waals surface area (Å²) in [7, 11) is 0. The van der Waals surface area contributed by atoms with Crippen LogP contribution in [0.2, 0.25) is 0 Å². The molecule has 100 valence electrons. The van der Waals surface area contributed by atoms with Gasteiger partial charge in [0.2, 0.25) is 0 Å². The van der Waals surface area contributed by atoms with Gasteiger partial charge >= 0.3 is 11.9 Å². The number of ether oxygens (including phenoxy) is 1. The molecular weight excluding hydrogens is 220 g/mol. The summed E-state index contributed by atoms with van der Waals surface area (Å²) >= 11 is 0. The van der Waals surface area contributed by atoms with E-state index in [-0.39, 0.29) is 18.9 Å². The zero-order valence-corrected chi connectivity index (χ0v) is 10.9. The molecule has 1 aliphatic rings. The van der Waals surface area contributed by atoms with Crippen molar-refractivity contribution in [1.29, 1.82) is 0 Å². The lowest BCUT2D eigenvalue weighted by molar-refractivity contribution is -0.150. The van der Waals surface area contributed by atoms with Crippen molar-refractivity contribution in [2.24, 2.45) is 0 Å². The van der Waals surface area contributed by atoms with Gasteiger partial charge in [0, 0.05) is 0 Å². The molecule has 0 unspecified atom stereocenters. The Kier molecular flexibility index (Phi) is 9.49. The van der Waals surface area contributed by atoms with Gasteiger partial charge in [0.15, 0.2) is 0 Å². The van der Waals surface area contributed by atoms with Crippen molar-refractivity contribution in [1.82, 2.24) is 0 Å². The van der Waals surface area contributed by atoms with Crippen LogP contribution in [0.15, 0.2) is 0 Å². The highest BCUT2D eigenvalue weighted by Gasteiger charge is 2.07. The van der Waals surface area contributed by atoms with E-state index in [1.54, 1.807) is 13.8 Å². The van der Waals surface area contributed by atoms with Crippen molar-refractivity contribution in [2.45, 2.75) is 71.3 Å². The van der Waals surface area contributed by atoms with Crippen LogP contribution in [0.5, 0.6) is 0 Å². The number of hydrogen-bond acceptors (Lipinski definition) is 3. The Morgan fingerprint density at radius 3 is 1.71 bits per heavy atom. The van der Waals surface area contributed by atoms with Gasteiger partial charge in [-0.15, -0.1) is 0 Å². The topological polar surface area (TPSA) is 63.6 Å². The Morgan fingerprint density at radius 2 is 1.41 bits per heavy atom. The van der Waals surface area contributed by atoms with Gasteiger partial charge in [-0.3, -0.25) is 9.59 Å². The van der Waals surface area contributed by atoms with E-state index in [0.29, 0.717) is 0 Å². The third kappa shape index (κ3) is 12.9. The molecule has 1 fully saturated rings. The first-order valence-electron chi connectivity index (χ1n) is 6.43. The van der Waals surface area contributed by atoms with E-state index in [4.69, 9.17) is 9.84 Å². The van der Waals surface area contributed by atoms with Gasteiger partial charge in [-0.1, -0.05) is 38.5 Å². The van der Waals surface area contributed by atoms with Gasteiger partial charge in [-0.2, -0.15) is 0 Å². The molecule has 0 radical (unpaired) electrons. The molecule has 0 aromatic rings. The summed E-state index contributed by atoms with van der Waals surface area (Å²) in [5.41, 5.74) is 0. The minimum atomic E-state index is -0.981. The van der Waals surface area contributed by atoms with Crippen LogP contribution >= 0.6 is 0 Å². The van der Waals surface area contributed by atoms with Crippen molar-refractivity contribution in [3.05, 3.63) is 0 Å². The summed E-state index contributed by atoms with van der Waals surface area (Å²) in [6, 6.07) is 0. The second-order valence-electron chi connectivity index (χ2n) is 4.55. The van der Waals surface area contributed by atoms with E-state index in [0.717, 1.165) is 0 Å². The third-order valence-corrected chi connectivity index (χ3v) is 2.41. The number of carboxylic acids is 1. The van der Waals surface area contributed by atoms with Crippen molar-refractivity contribution in [3.63, 3.8) is 0 Å². The average Bonchev–Trinajstić information content (AvgIpc) is 2.29. The van der Waals surface area contributed by atoms with Crippen LogP contribution in [-0.4, -0.2) is 23.1 Å². The fourth-order valence-corrected chi connectivity index (χ4v) is 1.59. The SMILES string of the molecule is C1CCCCC1.CC(C)OC(=O)CCC(=O)O. The Balaban J connectivity index is 0.000000354. The normalized spacial score (nSPS) is 14.8. The average molecular weight is 244 g/mol. The number of carbonyl (C=O) groups excluding carboxylic acids is 1. The number of rotatable bonds is 4. The highest BCUT2D eigenvalue weighted by atomic mass is 16.5. The van der Waals surface area contributed by atoms with Crippen molar-refractivity contribution < 1.29 is 19.4 Å². The fourth-order valence-electron chi connectivity index (χ4n) is 1.59. The molecule has 1 saturated carbocycles. The van der Waals surface area contributed by atoms with Gasteiger partial charge in [0.25, 0.3) is 0 Å². The van der Waals surface area contributed by atoms with E-state index in [1.807, 2.05) is 0 Å². The molecule has 1 N–H and O–H groups in total. The largest absolute Gasteiger partial charge is 0.481 e. The number of carbonyl (C=O) groups is 2. The Hall–Kier alpha value is -1.06. The highest BCUT2D eigenvalue weighted by molar-refractivity contribution is 5.76. The van der Waals surface area contributed by atoms with Crippen LogP contribution in [0.3, 0.4) is 0 Å². The summed E-state index contributed by atoms with van der Waals surface area (Å²) in [5, 5.41) is 8.19. The number of hydrogen-bond donors (Lipinski definition) is 1. The molecule has 0 amide bonds. The molecule has 0 atom stereocenters. The van der Waals surface area contributed by atoms with Crippen LogP contribution in [-0.2, 0) is 14.3 Å². The maximum Gasteiger partial charge on any atom is 0.306 e. The third-order valence-electron chi connectivity index (χ3n) is 2.41. The summed E-state index contributed by atoms with van der Waals surface area (Å²) in [5.74, 6) is -1.44. The van der Waals surface area contributed by atoms with Crippen molar-refractivity contribution in [3.8, 4) is 0 Å². The molecule has 0 saturated heterocycles. The van der Waals surface area contributed by atoms with E-state index in [1.165, 1.54) is 38.5 Å². The summed E-state index contributed by atoms with van der Waals surface area (Å²) < 4.78 is 4.70. The first-order valence-corrected chi connectivity index (χ1v) is 6.43. The van der Waals surface area contributed by atoms with Crippen LogP contribution in [0, 0.1) is 0 Å². The van der Waals surface area contributed by atoms with E-state index in [9.17, 15) is 9.59 Å². The molecule has 4 heteroatoms. The van der Waals surface area contributed by atoms with Gasteiger partial charge in [0.05, 0.1) is 18.9 Å². The Labute approximate surface area is 103 Å². The van der Waals surface area contributed by atoms with E-state index in [2.05, 4.69) is 0 Å². The van der Waals surface area contributed by atoms with Crippen LogP contribution in [0.25, 0.3) is 0 Å². The standard InChI is InChI=1S/C7H12O4.C6H12/c1-5(2)11-7(10)4-3-6(8)9;1-2-4-6-5-3-1/h5H,3-4H2,1-2H3,(H,8,9);1-6H2. The first kappa shape index (κ1) is 15.9. The first-order chi connectivity index (χ1) is 8.02. The van der Waals surface area contributed by atoms with Crippen molar-refractivity contribution in [2.75, 3.05) is 0 Å². The van der Waals surface area contributed by atoms with Crippen LogP contribution in [0.1, 0.15) is 65.2 Å². The van der Waals surface area contributed by atoms with Crippen LogP contribution < -0.4 is 0 Å². The van der Waals surface area contributed by atoms with Gasteiger partial charge in [-0.25, -0.2) is 0 Å². The Bertz CT molecular complexity index is 208. The monoisotopic (exact) mass is 244 g/mol. The molecule has 1 aliphatic carbocycles. The van der Waals surface area contributed by atoms with Crippen LogP contribution in [0.4, 0.5) is 0 Å².